The maximum absolute atomic E-state index is 13.2. The van der Waals surface area contributed by atoms with Gasteiger partial charge in [0.25, 0.3) is 5.91 Å². The third-order valence-electron chi connectivity index (χ3n) is 6.33. The van der Waals surface area contributed by atoms with Crippen LogP contribution in [0.3, 0.4) is 0 Å². The highest BCUT2D eigenvalue weighted by molar-refractivity contribution is 7.07. The van der Waals surface area contributed by atoms with Gasteiger partial charge in [0, 0.05) is 44.6 Å². The van der Waals surface area contributed by atoms with Crippen molar-refractivity contribution in [3.05, 3.63) is 69.9 Å². The Balaban J connectivity index is 1.32. The van der Waals surface area contributed by atoms with Crippen LogP contribution in [0.5, 0.6) is 23.0 Å². The molecule has 1 saturated heterocycles. The molecule has 0 aliphatic carbocycles. The molecule has 2 heterocycles. The Hall–Kier alpha value is -3.23. The molecule has 36 heavy (non-hydrogen) atoms. The molecule has 0 unspecified atom stereocenters. The van der Waals surface area contributed by atoms with Gasteiger partial charge in [0.2, 0.25) is 5.75 Å². The van der Waals surface area contributed by atoms with Crippen LogP contribution >= 0.6 is 11.3 Å². The van der Waals surface area contributed by atoms with Gasteiger partial charge in [-0.2, -0.15) is 11.3 Å². The second kappa shape index (κ2) is 12.1. The van der Waals surface area contributed by atoms with Crippen molar-refractivity contribution in [2.45, 2.75) is 32.0 Å². The van der Waals surface area contributed by atoms with E-state index in [0.717, 1.165) is 31.7 Å². The maximum Gasteiger partial charge on any atom is 0.254 e. The number of methoxy groups -OCH3 is 3. The SMILES string of the molecule is COc1cc(C(=O)N2CCC(Oc3cccc(CN(C)Cc4ccsc4)c3)CC2)cc(OC)c1OC. The molecular formula is C28H34N2O5S. The lowest BCUT2D eigenvalue weighted by molar-refractivity contribution is 0.0594. The topological polar surface area (TPSA) is 60.5 Å². The summed E-state index contributed by atoms with van der Waals surface area (Å²) in [5, 5.41) is 4.30. The van der Waals surface area contributed by atoms with Gasteiger partial charge in [-0.05, 0) is 59.3 Å². The molecule has 1 amide bonds. The molecule has 1 aliphatic rings. The fourth-order valence-electron chi connectivity index (χ4n) is 4.54. The second-order valence-electron chi connectivity index (χ2n) is 8.97. The zero-order valence-corrected chi connectivity index (χ0v) is 22.2. The Morgan fingerprint density at radius 3 is 2.28 bits per heavy atom. The molecule has 0 N–H and O–H groups in total. The summed E-state index contributed by atoms with van der Waals surface area (Å²) in [6.45, 7) is 3.04. The van der Waals surface area contributed by atoms with Crippen LogP contribution in [0.15, 0.2) is 53.2 Å². The van der Waals surface area contributed by atoms with Crippen molar-refractivity contribution in [2.75, 3.05) is 41.5 Å². The number of thiophene rings is 1. The average Bonchev–Trinajstić information content (AvgIpc) is 3.40. The largest absolute Gasteiger partial charge is 0.493 e. The Morgan fingerprint density at radius 2 is 1.67 bits per heavy atom. The van der Waals surface area contributed by atoms with Gasteiger partial charge in [-0.1, -0.05) is 12.1 Å². The number of rotatable bonds is 10. The van der Waals surface area contributed by atoms with Gasteiger partial charge in [0.1, 0.15) is 11.9 Å². The first-order valence-corrected chi connectivity index (χ1v) is 13.0. The molecule has 2 aromatic carbocycles. The van der Waals surface area contributed by atoms with Gasteiger partial charge in [-0.25, -0.2) is 0 Å². The molecule has 3 aromatic rings. The molecule has 1 aliphatic heterocycles. The number of benzene rings is 2. The molecular weight excluding hydrogens is 476 g/mol. The molecule has 4 rings (SSSR count). The molecule has 0 radical (unpaired) electrons. The van der Waals surface area contributed by atoms with Gasteiger partial charge >= 0.3 is 0 Å². The van der Waals surface area contributed by atoms with Crippen LogP contribution in [0.1, 0.15) is 34.3 Å². The minimum atomic E-state index is -0.0524. The van der Waals surface area contributed by atoms with E-state index in [9.17, 15) is 4.79 Å². The third-order valence-corrected chi connectivity index (χ3v) is 7.06. The molecule has 0 saturated carbocycles. The summed E-state index contributed by atoms with van der Waals surface area (Å²) in [7, 11) is 6.77. The van der Waals surface area contributed by atoms with E-state index in [1.54, 1.807) is 44.8 Å². The highest BCUT2D eigenvalue weighted by Gasteiger charge is 2.26. The molecule has 0 atom stereocenters. The van der Waals surface area contributed by atoms with Crippen LogP contribution in [0, 0.1) is 0 Å². The average molecular weight is 511 g/mol. The highest BCUT2D eigenvalue weighted by atomic mass is 32.1. The third kappa shape index (κ3) is 6.30. The number of carbonyl (C=O) groups excluding carboxylic acids is 1. The van der Waals surface area contributed by atoms with E-state index in [1.807, 2.05) is 17.0 Å². The van der Waals surface area contributed by atoms with Crippen LogP contribution in [0.2, 0.25) is 0 Å². The van der Waals surface area contributed by atoms with Crippen molar-refractivity contribution >= 4 is 17.2 Å². The summed E-state index contributed by atoms with van der Waals surface area (Å²) in [6.07, 6.45) is 1.63. The predicted molar refractivity (Wildman–Crippen MR) is 142 cm³/mol. The standard InChI is InChI=1S/C28H34N2O5S/c1-29(18-21-10-13-36-19-21)17-20-6-5-7-24(14-20)35-23-8-11-30(12-9-23)28(31)22-15-25(32-2)27(34-4)26(16-22)33-3/h5-7,10,13-16,19,23H,8-9,11-12,17-18H2,1-4H3. The Morgan fingerprint density at radius 1 is 0.972 bits per heavy atom. The first-order valence-electron chi connectivity index (χ1n) is 12.0. The number of hydrogen-bond acceptors (Lipinski definition) is 7. The van der Waals surface area contributed by atoms with E-state index < -0.39 is 0 Å². The Kier molecular flexibility index (Phi) is 8.72. The van der Waals surface area contributed by atoms with E-state index in [2.05, 4.69) is 40.9 Å². The van der Waals surface area contributed by atoms with Gasteiger partial charge in [0.05, 0.1) is 21.3 Å². The zero-order chi connectivity index (χ0) is 25.5. The number of piperidine rings is 1. The number of carbonyl (C=O) groups is 1. The minimum absolute atomic E-state index is 0.0524. The molecule has 0 spiro atoms. The maximum atomic E-state index is 13.2. The molecule has 1 aromatic heterocycles. The van der Waals surface area contributed by atoms with Crippen LogP contribution in [0.4, 0.5) is 0 Å². The van der Waals surface area contributed by atoms with Crippen molar-refractivity contribution < 1.29 is 23.7 Å². The minimum Gasteiger partial charge on any atom is -0.493 e. The molecule has 0 bridgehead atoms. The molecule has 1 fully saturated rings. The number of ether oxygens (including phenoxy) is 4. The fourth-order valence-corrected chi connectivity index (χ4v) is 5.20. The highest BCUT2D eigenvalue weighted by Crippen LogP contribution is 2.38. The summed E-state index contributed by atoms with van der Waals surface area (Å²) in [6, 6.07) is 13.9. The lowest BCUT2D eigenvalue weighted by atomic mass is 10.1. The number of hydrogen-bond donors (Lipinski definition) is 0. The summed E-state index contributed by atoms with van der Waals surface area (Å²) in [4.78, 5) is 17.3. The summed E-state index contributed by atoms with van der Waals surface area (Å²) >= 11 is 1.73. The first kappa shape index (κ1) is 25.9. The van der Waals surface area contributed by atoms with Crippen molar-refractivity contribution in [3.63, 3.8) is 0 Å². The van der Waals surface area contributed by atoms with E-state index in [1.165, 1.54) is 11.1 Å². The zero-order valence-electron chi connectivity index (χ0n) is 21.4. The Bertz CT molecular complexity index is 1120. The van der Waals surface area contributed by atoms with Crippen LogP contribution in [-0.2, 0) is 13.1 Å². The number of amides is 1. The molecule has 192 valence electrons. The van der Waals surface area contributed by atoms with Gasteiger partial charge < -0.3 is 23.8 Å². The number of nitrogens with zero attached hydrogens (tertiary/aromatic N) is 2. The van der Waals surface area contributed by atoms with Crippen molar-refractivity contribution in [3.8, 4) is 23.0 Å². The lowest BCUT2D eigenvalue weighted by Gasteiger charge is -2.32. The monoisotopic (exact) mass is 510 g/mol. The second-order valence-corrected chi connectivity index (χ2v) is 9.75. The first-order chi connectivity index (χ1) is 17.5. The van der Waals surface area contributed by atoms with Gasteiger partial charge in [0.15, 0.2) is 11.5 Å². The quantitative estimate of drug-likeness (QED) is 0.379. The number of likely N-dealkylation sites (tertiary alicyclic amines) is 1. The summed E-state index contributed by atoms with van der Waals surface area (Å²) in [5.74, 6) is 2.25. The molecule has 8 heteroatoms. The predicted octanol–water partition coefficient (Wildman–Crippen LogP) is 5.09. The van der Waals surface area contributed by atoms with E-state index in [4.69, 9.17) is 18.9 Å². The van der Waals surface area contributed by atoms with Crippen LogP contribution in [0.25, 0.3) is 0 Å². The van der Waals surface area contributed by atoms with Crippen LogP contribution < -0.4 is 18.9 Å². The van der Waals surface area contributed by atoms with Gasteiger partial charge in [-0.15, -0.1) is 0 Å². The summed E-state index contributed by atoms with van der Waals surface area (Å²) in [5.41, 5.74) is 3.08. The Labute approximate surface area is 217 Å². The smallest absolute Gasteiger partial charge is 0.254 e. The fraction of sp³-hybridized carbons (Fsp3) is 0.393. The van der Waals surface area contributed by atoms with Crippen molar-refractivity contribution in [1.82, 2.24) is 9.80 Å². The normalized spacial score (nSPS) is 14.1. The van der Waals surface area contributed by atoms with Crippen molar-refractivity contribution in [1.29, 1.82) is 0 Å². The van der Waals surface area contributed by atoms with E-state index in [-0.39, 0.29) is 12.0 Å². The lowest BCUT2D eigenvalue weighted by Crippen LogP contribution is -2.41. The van der Waals surface area contributed by atoms with Crippen molar-refractivity contribution in [2.24, 2.45) is 0 Å². The van der Waals surface area contributed by atoms with Crippen LogP contribution in [-0.4, -0.2) is 63.3 Å². The summed E-state index contributed by atoms with van der Waals surface area (Å²) < 4.78 is 22.5. The molecule has 7 nitrogen and oxygen atoms in total. The van der Waals surface area contributed by atoms with Gasteiger partial charge in [-0.3, -0.25) is 9.69 Å². The van der Waals surface area contributed by atoms with E-state index in [0.29, 0.717) is 35.9 Å². The van der Waals surface area contributed by atoms with E-state index >= 15 is 0 Å².